The molecule has 0 unspecified atom stereocenters. The molecule has 0 spiro atoms. The third kappa shape index (κ3) is 3.07. The first-order chi connectivity index (χ1) is 8.81. The molecule has 1 aliphatic heterocycles. The number of hydrogen-bond acceptors (Lipinski definition) is 4. The maximum absolute atomic E-state index is 12.2. The normalized spacial score (nSPS) is 15.2. The maximum Gasteiger partial charge on any atom is 0.254 e. The van der Waals surface area contributed by atoms with Crippen LogP contribution < -0.4 is 4.74 Å². The average Bonchev–Trinajstić information content (AvgIpc) is 2.45. The van der Waals surface area contributed by atoms with Crippen LogP contribution in [0, 0.1) is 0 Å². The van der Waals surface area contributed by atoms with Gasteiger partial charge in [0.05, 0.1) is 13.2 Å². The minimum Gasteiger partial charge on any atom is -0.485 e. The van der Waals surface area contributed by atoms with E-state index in [0.29, 0.717) is 37.6 Å². The molecule has 1 radical (unpaired) electrons. The van der Waals surface area contributed by atoms with Crippen LogP contribution in [0.2, 0.25) is 0 Å². The van der Waals surface area contributed by atoms with E-state index in [4.69, 9.17) is 9.47 Å². The number of morpholine rings is 1. The van der Waals surface area contributed by atoms with Crippen molar-refractivity contribution in [1.82, 2.24) is 4.90 Å². The summed E-state index contributed by atoms with van der Waals surface area (Å²) in [5, 5.41) is 0. The second-order valence-electron chi connectivity index (χ2n) is 3.87. The number of carbonyl (C=O) groups excluding carboxylic acids is 2. The molecule has 5 nitrogen and oxygen atoms in total. The highest BCUT2D eigenvalue weighted by molar-refractivity contribution is 5.94. The van der Waals surface area contributed by atoms with Gasteiger partial charge in [-0.05, 0) is 18.2 Å². The number of amides is 1. The summed E-state index contributed by atoms with van der Waals surface area (Å²) in [7, 11) is 0. The Labute approximate surface area is 105 Å². The van der Waals surface area contributed by atoms with E-state index in [-0.39, 0.29) is 12.5 Å². The molecule has 1 aromatic rings. The van der Waals surface area contributed by atoms with Gasteiger partial charge in [0.1, 0.15) is 5.75 Å². The molecular weight excluding hydrogens is 234 g/mol. The highest BCUT2D eigenvalue weighted by atomic mass is 16.5. The summed E-state index contributed by atoms with van der Waals surface area (Å²) in [5.41, 5.74) is 0.556. The molecule has 18 heavy (non-hydrogen) atoms. The lowest BCUT2D eigenvalue weighted by molar-refractivity contribution is 0.0302. The van der Waals surface area contributed by atoms with E-state index in [1.165, 1.54) is 0 Å². The average molecular weight is 248 g/mol. The summed E-state index contributed by atoms with van der Waals surface area (Å²) >= 11 is 0. The van der Waals surface area contributed by atoms with Crippen LogP contribution in [0.1, 0.15) is 10.4 Å². The van der Waals surface area contributed by atoms with Gasteiger partial charge < -0.3 is 14.4 Å². The Hall–Kier alpha value is -1.88. The number of hydrogen-bond donors (Lipinski definition) is 0. The molecule has 1 aromatic carbocycles. The summed E-state index contributed by atoms with van der Waals surface area (Å²) in [4.78, 5) is 24.0. The van der Waals surface area contributed by atoms with E-state index >= 15 is 0 Å². The standard InChI is InChI=1S/C13H14NO4/c15-6-9-18-12-3-1-2-11(10-12)13(16)14-4-7-17-8-5-14/h1-3,10H,4-5,7-9H2. The van der Waals surface area contributed by atoms with E-state index in [1.807, 2.05) is 0 Å². The minimum atomic E-state index is -0.130. The van der Waals surface area contributed by atoms with E-state index in [9.17, 15) is 9.59 Å². The van der Waals surface area contributed by atoms with Gasteiger partial charge in [0.2, 0.25) is 6.29 Å². The number of ether oxygens (including phenoxy) is 2. The molecule has 0 bridgehead atoms. The van der Waals surface area contributed by atoms with Gasteiger partial charge in [-0.3, -0.25) is 9.59 Å². The number of rotatable bonds is 4. The molecule has 2 rings (SSSR count). The van der Waals surface area contributed by atoms with Crippen molar-refractivity contribution in [3.8, 4) is 5.75 Å². The molecule has 1 saturated heterocycles. The Bertz CT molecular complexity index is 427. The topological polar surface area (TPSA) is 55.8 Å². The third-order valence-corrected chi connectivity index (χ3v) is 2.68. The van der Waals surface area contributed by atoms with Gasteiger partial charge in [-0.2, -0.15) is 0 Å². The number of benzene rings is 1. The summed E-state index contributed by atoms with van der Waals surface area (Å²) in [6.45, 7) is 2.22. The number of nitrogens with zero attached hydrogens (tertiary/aromatic N) is 1. The molecule has 0 aromatic heterocycles. The van der Waals surface area contributed by atoms with Crippen LogP contribution in [0.5, 0.6) is 5.75 Å². The fraction of sp³-hybridized carbons (Fsp3) is 0.385. The molecule has 0 aliphatic carbocycles. The van der Waals surface area contributed by atoms with Gasteiger partial charge in [-0.1, -0.05) is 6.07 Å². The van der Waals surface area contributed by atoms with Gasteiger partial charge in [-0.25, -0.2) is 0 Å². The van der Waals surface area contributed by atoms with Gasteiger partial charge in [0.15, 0.2) is 6.61 Å². The van der Waals surface area contributed by atoms with Crippen molar-refractivity contribution >= 4 is 12.2 Å². The van der Waals surface area contributed by atoms with Crippen molar-refractivity contribution < 1.29 is 19.1 Å². The van der Waals surface area contributed by atoms with Gasteiger partial charge in [0.25, 0.3) is 5.91 Å². The van der Waals surface area contributed by atoms with Crippen LogP contribution in [0.3, 0.4) is 0 Å². The Morgan fingerprint density at radius 2 is 2.17 bits per heavy atom. The number of carbonyl (C=O) groups is 1. The van der Waals surface area contributed by atoms with E-state index in [2.05, 4.69) is 0 Å². The molecule has 0 saturated carbocycles. The van der Waals surface area contributed by atoms with Crippen LogP contribution in [0.4, 0.5) is 0 Å². The lowest BCUT2D eigenvalue weighted by Crippen LogP contribution is -2.40. The quantitative estimate of drug-likeness (QED) is 0.785. The second kappa shape index (κ2) is 6.16. The highest BCUT2D eigenvalue weighted by Gasteiger charge is 2.18. The van der Waals surface area contributed by atoms with Crippen LogP contribution in [-0.2, 0) is 9.53 Å². The summed E-state index contributed by atoms with van der Waals surface area (Å²) < 4.78 is 10.3. The van der Waals surface area contributed by atoms with Crippen molar-refractivity contribution in [2.24, 2.45) is 0 Å². The van der Waals surface area contributed by atoms with Crippen molar-refractivity contribution in [3.63, 3.8) is 0 Å². The first-order valence-electron chi connectivity index (χ1n) is 5.76. The Morgan fingerprint density at radius 1 is 1.39 bits per heavy atom. The highest BCUT2D eigenvalue weighted by Crippen LogP contribution is 2.15. The van der Waals surface area contributed by atoms with E-state index in [1.54, 1.807) is 35.5 Å². The molecule has 5 heteroatoms. The monoisotopic (exact) mass is 248 g/mol. The fourth-order valence-corrected chi connectivity index (χ4v) is 1.78. The fourth-order valence-electron chi connectivity index (χ4n) is 1.78. The zero-order chi connectivity index (χ0) is 12.8. The zero-order valence-corrected chi connectivity index (χ0v) is 9.93. The molecule has 1 aliphatic rings. The summed E-state index contributed by atoms with van der Waals surface area (Å²) in [6.07, 6.45) is 1.64. The van der Waals surface area contributed by atoms with Crippen LogP contribution in [0.15, 0.2) is 24.3 Å². The minimum absolute atomic E-state index is 0.0427. The SMILES string of the molecule is O=[C]COc1cccc(C(=O)N2CCOCC2)c1. The lowest BCUT2D eigenvalue weighted by atomic mass is 10.2. The molecule has 1 fully saturated rings. The summed E-state index contributed by atoms with van der Waals surface area (Å²) in [5.74, 6) is 0.455. The van der Waals surface area contributed by atoms with Crippen molar-refractivity contribution in [2.75, 3.05) is 32.9 Å². The zero-order valence-electron chi connectivity index (χ0n) is 9.93. The summed E-state index contributed by atoms with van der Waals surface area (Å²) in [6, 6.07) is 6.80. The first kappa shape index (κ1) is 12.6. The first-order valence-corrected chi connectivity index (χ1v) is 5.76. The molecule has 1 heterocycles. The smallest absolute Gasteiger partial charge is 0.254 e. The maximum atomic E-state index is 12.2. The molecule has 95 valence electrons. The Morgan fingerprint density at radius 3 is 2.89 bits per heavy atom. The van der Waals surface area contributed by atoms with E-state index < -0.39 is 0 Å². The van der Waals surface area contributed by atoms with Crippen LogP contribution >= 0.6 is 0 Å². The predicted molar refractivity (Wildman–Crippen MR) is 64.4 cm³/mol. The van der Waals surface area contributed by atoms with Crippen molar-refractivity contribution in [3.05, 3.63) is 29.8 Å². The molecular formula is C13H14NO4. The molecule has 0 atom stereocenters. The third-order valence-electron chi connectivity index (χ3n) is 2.68. The van der Waals surface area contributed by atoms with Crippen LogP contribution in [-0.4, -0.2) is 50.0 Å². The van der Waals surface area contributed by atoms with Crippen molar-refractivity contribution in [2.45, 2.75) is 0 Å². The lowest BCUT2D eigenvalue weighted by Gasteiger charge is -2.26. The van der Waals surface area contributed by atoms with Gasteiger partial charge >= 0.3 is 0 Å². The largest absolute Gasteiger partial charge is 0.485 e. The van der Waals surface area contributed by atoms with Crippen molar-refractivity contribution in [1.29, 1.82) is 0 Å². The predicted octanol–water partition coefficient (Wildman–Crippen LogP) is 0.647. The molecule has 1 amide bonds. The Balaban J connectivity index is 2.06. The van der Waals surface area contributed by atoms with Gasteiger partial charge in [0, 0.05) is 18.7 Å². The van der Waals surface area contributed by atoms with Crippen LogP contribution in [0.25, 0.3) is 0 Å². The Kier molecular flexibility index (Phi) is 4.30. The van der Waals surface area contributed by atoms with E-state index in [0.717, 1.165) is 0 Å². The van der Waals surface area contributed by atoms with Gasteiger partial charge in [-0.15, -0.1) is 0 Å². The molecule has 0 N–H and O–H groups in total. The second-order valence-corrected chi connectivity index (χ2v) is 3.87.